The molecule has 3 nitrogen and oxygen atoms in total. The first-order chi connectivity index (χ1) is 4.88. The van der Waals surface area contributed by atoms with Gasteiger partial charge in [-0.05, 0) is 31.8 Å². The Morgan fingerprint density at radius 1 is 1.60 bits per heavy atom. The highest BCUT2D eigenvalue weighted by atomic mass is 16.3. The highest BCUT2D eigenvalue weighted by molar-refractivity contribution is 4.80. The summed E-state index contributed by atoms with van der Waals surface area (Å²) in [5.41, 5.74) is 5.52. The number of hydrogen-bond donors (Lipinski definition) is 3. The molecule has 10 heavy (non-hydrogen) atoms. The molecule has 3 heteroatoms. The van der Waals surface area contributed by atoms with Gasteiger partial charge in [-0.15, -0.1) is 0 Å². The first-order valence-corrected chi connectivity index (χ1v) is 3.92. The van der Waals surface area contributed by atoms with E-state index in [1.807, 2.05) is 0 Å². The molecule has 0 saturated carbocycles. The van der Waals surface area contributed by atoms with Crippen LogP contribution in [0.15, 0.2) is 0 Å². The van der Waals surface area contributed by atoms with E-state index in [0.717, 1.165) is 13.0 Å². The number of rotatable bonds is 2. The van der Waals surface area contributed by atoms with Crippen LogP contribution in [0, 0.1) is 5.92 Å². The van der Waals surface area contributed by atoms with E-state index < -0.39 is 0 Å². The lowest BCUT2D eigenvalue weighted by molar-refractivity contribution is 0.174. The van der Waals surface area contributed by atoms with Crippen molar-refractivity contribution >= 4 is 0 Å². The molecule has 0 aromatic heterocycles. The maximum Gasteiger partial charge on any atom is 0.0587 e. The van der Waals surface area contributed by atoms with Crippen LogP contribution < -0.4 is 11.1 Å². The molecule has 4 N–H and O–H groups in total. The van der Waals surface area contributed by atoms with Crippen molar-refractivity contribution in [2.75, 3.05) is 19.7 Å². The molecule has 60 valence electrons. The highest BCUT2D eigenvalue weighted by Crippen LogP contribution is 2.14. The van der Waals surface area contributed by atoms with Gasteiger partial charge >= 0.3 is 0 Å². The van der Waals surface area contributed by atoms with E-state index in [1.54, 1.807) is 0 Å². The van der Waals surface area contributed by atoms with Crippen molar-refractivity contribution in [2.24, 2.45) is 11.7 Å². The van der Waals surface area contributed by atoms with E-state index in [-0.39, 0.29) is 12.6 Å². The minimum Gasteiger partial charge on any atom is -0.395 e. The minimum absolute atomic E-state index is 0.224. The third-order valence-electron chi connectivity index (χ3n) is 2.23. The second-order valence-electron chi connectivity index (χ2n) is 2.88. The van der Waals surface area contributed by atoms with Crippen molar-refractivity contribution in [3.8, 4) is 0 Å². The molecule has 0 radical (unpaired) electrons. The zero-order chi connectivity index (χ0) is 7.40. The van der Waals surface area contributed by atoms with Gasteiger partial charge in [0.1, 0.15) is 0 Å². The third-order valence-corrected chi connectivity index (χ3v) is 2.23. The van der Waals surface area contributed by atoms with Crippen LogP contribution in [0.2, 0.25) is 0 Å². The summed E-state index contributed by atoms with van der Waals surface area (Å²) in [7, 11) is 0. The summed E-state index contributed by atoms with van der Waals surface area (Å²) in [4.78, 5) is 0. The van der Waals surface area contributed by atoms with Crippen LogP contribution in [0.5, 0.6) is 0 Å². The summed E-state index contributed by atoms with van der Waals surface area (Å²) in [6, 6.07) is 0.249. The van der Waals surface area contributed by atoms with Gasteiger partial charge in [-0.25, -0.2) is 0 Å². The number of hydrogen-bond acceptors (Lipinski definition) is 3. The molecule has 0 amide bonds. The largest absolute Gasteiger partial charge is 0.395 e. The molecule has 1 saturated heterocycles. The zero-order valence-electron chi connectivity index (χ0n) is 6.21. The van der Waals surface area contributed by atoms with Gasteiger partial charge in [0, 0.05) is 6.04 Å². The Kier molecular flexibility index (Phi) is 3.12. The molecule has 1 aliphatic rings. The van der Waals surface area contributed by atoms with E-state index in [2.05, 4.69) is 5.32 Å². The summed E-state index contributed by atoms with van der Waals surface area (Å²) in [5.74, 6) is 0.485. The molecule has 1 rings (SSSR count). The normalized spacial score (nSPS) is 34.2. The van der Waals surface area contributed by atoms with Crippen molar-refractivity contribution < 1.29 is 5.11 Å². The van der Waals surface area contributed by atoms with Crippen LogP contribution in [0.25, 0.3) is 0 Å². The fourth-order valence-electron chi connectivity index (χ4n) is 1.52. The molecule has 0 aliphatic carbocycles. The molecule has 0 bridgehead atoms. The van der Waals surface area contributed by atoms with Gasteiger partial charge in [-0.3, -0.25) is 0 Å². The second-order valence-corrected chi connectivity index (χ2v) is 2.88. The Bertz CT molecular complexity index is 85.6. The van der Waals surface area contributed by atoms with Crippen LogP contribution in [0.1, 0.15) is 12.8 Å². The maximum absolute atomic E-state index is 8.87. The predicted octanol–water partition coefficient (Wildman–Crippen LogP) is -0.694. The number of piperidine rings is 1. The lowest BCUT2D eigenvalue weighted by Gasteiger charge is -2.30. The van der Waals surface area contributed by atoms with Gasteiger partial charge in [-0.1, -0.05) is 0 Å². The Morgan fingerprint density at radius 3 is 2.90 bits per heavy atom. The molecule has 2 atom stereocenters. The molecular weight excluding hydrogens is 128 g/mol. The Labute approximate surface area is 61.6 Å². The second kappa shape index (κ2) is 3.91. The monoisotopic (exact) mass is 144 g/mol. The topological polar surface area (TPSA) is 58.3 Å². The van der Waals surface area contributed by atoms with Crippen LogP contribution >= 0.6 is 0 Å². The molecule has 1 heterocycles. The Balaban J connectivity index is 2.34. The molecule has 0 spiro atoms. The fourth-order valence-corrected chi connectivity index (χ4v) is 1.52. The van der Waals surface area contributed by atoms with Crippen molar-refractivity contribution in [3.05, 3.63) is 0 Å². The average Bonchev–Trinajstić information content (AvgIpc) is 2.04. The standard InChI is InChI=1S/C7H16N2O/c8-4-6-2-1-3-9-7(6)5-10/h6-7,9-10H,1-5,8H2/t6-,7+/m0/s1. The van der Waals surface area contributed by atoms with E-state index in [4.69, 9.17) is 10.8 Å². The fraction of sp³-hybridized carbons (Fsp3) is 1.00. The van der Waals surface area contributed by atoms with Crippen LogP contribution in [-0.2, 0) is 0 Å². The van der Waals surface area contributed by atoms with Crippen molar-refractivity contribution in [3.63, 3.8) is 0 Å². The van der Waals surface area contributed by atoms with E-state index in [1.165, 1.54) is 6.42 Å². The van der Waals surface area contributed by atoms with Crippen LogP contribution in [0.3, 0.4) is 0 Å². The van der Waals surface area contributed by atoms with E-state index in [0.29, 0.717) is 12.5 Å². The van der Waals surface area contributed by atoms with Gasteiger partial charge in [0.25, 0.3) is 0 Å². The van der Waals surface area contributed by atoms with Crippen molar-refractivity contribution in [1.82, 2.24) is 5.32 Å². The number of aliphatic hydroxyl groups excluding tert-OH is 1. The predicted molar refractivity (Wildman–Crippen MR) is 40.7 cm³/mol. The summed E-state index contributed by atoms with van der Waals surface area (Å²) in [6.07, 6.45) is 2.35. The molecule has 1 fully saturated rings. The zero-order valence-corrected chi connectivity index (χ0v) is 6.21. The maximum atomic E-state index is 8.87. The number of nitrogens with one attached hydrogen (secondary N) is 1. The van der Waals surface area contributed by atoms with Gasteiger partial charge in [0.05, 0.1) is 6.61 Å². The highest BCUT2D eigenvalue weighted by Gasteiger charge is 2.21. The third kappa shape index (κ3) is 1.68. The SMILES string of the molecule is NC[C@@H]1CCCN[C@@H]1CO. The smallest absolute Gasteiger partial charge is 0.0587 e. The van der Waals surface area contributed by atoms with E-state index >= 15 is 0 Å². The molecule has 0 aromatic rings. The van der Waals surface area contributed by atoms with Crippen molar-refractivity contribution in [2.45, 2.75) is 18.9 Å². The quantitative estimate of drug-likeness (QED) is 0.480. The molecule has 0 unspecified atom stereocenters. The van der Waals surface area contributed by atoms with Gasteiger partial charge < -0.3 is 16.2 Å². The Hall–Kier alpha value is -0.120. The van der Waals surface area contributed by atoms with E-state index in [9.17, 15) is 0 Å². The minimum atomic E-state index is 0.224. The average molecular weight is 144 g/mol. The van der Waals surface area contributed by atoms with Crippen molar-refractivity contribution in [1.29, 1.82) is 0 Å². The molecular formula is C7H16N2O. The van der Waals surface area contributed by atoms with Gasteiger partial charge in [0.2, 0.25) is 0 Å². The lowest BCUT2D eigenvalue weighted by Crippen LogP contribution is -2.46. The summed E-state index contributed by atoms with van der Waals surface area (Å²) in [6.45, 7) is 1.95. The number of aliphatic hydroxyl groups is 1. The first kappa shape index (κ1) is 7.98. The summed E-state index contributed by atoms with van der Waals surface area (Å²) < 4.78 is 0. The first-order valence-electron chi connectivity index (χ1n) is 3.92. The lowest BCUT2D eigenvalue weighted by atomic mass is 9.92. The summed E-state index contributed by atoms with van der Waals surface area (Å²) >= 11 is 0. The van der Waals surface area contributed by atoms with Gasteiger partial charge in [0.15, 0.2) is 0 Å². The summed E-state index contributed by atoms with van der Waals surface area (Å²) in [5, 5.41) is 12.1. The van der Waals surface area contributed by atoms with Crippen LogP contribution in [-0.4, -0.2) is 30.8 Å². The number of nitrogens with two attached hydrogens (primary N) is 1. The van der Waals surface area contributed by atoms with Gasteiger partial charge in [-0.2, -0.15) is 0 Å². The Morgan fingerprint density at radius 2 is 2.40 bits per heavy atom. The van der Waals surface area contributed by atoms with Crippen LogP contribution in [0.4, 0.5) is 0 Å². The molecule has 0 aromatic carbocycles. The molecule has 1 aliphatic heterocycles.